The van der Waals surface area contributed by atoms with Gasteiger partial charge >= 0.3 is 0 Å². The maximum atomic E-state index is 5.97. The van der Waals surface area contributed by atoms with Crippen LogP contribution in [0.4, 0.5) is 0 Å². The van der Waals surface area contributed by atoms with Crippen molar-refractivity contribution in [3.63, 3.8) is 0 Å². The number of aromatic nitrogens is 2. The van der Waals surface area contributed by atoms with Crippen molar-refractivity contribution in [3.05, 3.63) is 41.6 Å². The molecular formula is C22H34N4O3. The predicted octanol–water partition coefficient (Wildman–Crippen LogP) is 3.21. The van der Waals surface area contributed by atoms with E-state index in [2.05, 4.69) is 31.7 Å². The minimum Gasteiger partial charge on any atom is -0.465 e. The van der Waals surface area contributed by atoms with Gasteiger partial charge < -0.3 is 13.9 Å². The molecule has 29 heavy (non-hydrogen) atoms. The summed E-state index contributed by atoms with van der Waals surface area (Å²) < 4.78 is 19.4. The lowest BCUT2D eigenvalue weighted by Gasteiger charge is -2.29. The summed E-state index contributed by atoms with van der Waals surface area (Å²) in [6.07, 6.45) is 6.51. The van der Waals surface area contributed by atoms with Gasteiger partial charge in [0.15, 0.2) is 6.23 Å². The molecule has 4 heterocycles. The average Bonchev–Trinajstić information content (AvgIpc) is 3.38. The number of nitrogens with zero attached hydrogens (tertiary/aromatic N) is 4. The Hall–Kier alpha value is -1.67. The summed E-state index contributed by atoms with van der Waals surface area (Å²) in [4.78, 5) is 4.97. The van der Waals surface area contributed by atoms with E-state index >= 15 is 0 Å². The summed E-state index contributed by atoms with van der Waals surface area (Å²) in [5, 5.41) is 4.58. The Morgan fingerprint density at radius 2 is 2.00 bits per heavy atom. The monoisotopic (exact) mass is 402 g/mol. The number of hydrogen-bond acceptors (Lipinski definition) is 6. The van der Waals surface area contributed by atoms with Crippen molar-refractivity contribution in [2.45, 2.75) is 51.9 Å². The van der Waals surface area contributed by atoms with Gasteiger partial charge in [0.25, 0.3) is 0 Å². The van der Waals surface area contributed by atoms with E-state index in [9.17, 15) is 0 Å². The topological polar surface area (TPSA) is 55.9 Å². The molecule has 0 aliphatic carbocycles. The van der Waals surface area contributed by atoms with Crippen LogP contribution in [0.15, 0.2) is 28.8 Å². The molecule has 0 N–H and O–H groups in total. The molecule has 2 saturated heterocycles. The highest BCUT2D eigenvalue weighted by Crippen LogP contribution is 2.24. The molecule has 2 fully saturated rings. The Labute approximate surface area is 173 Å². The summed E-state index contributed by atoms with van der Waals surface area (Å²) >= 11 is 0. The van der Waals surface area contributed by atoms with Crippen LogP contribution >= 0.6 is 0 Å². The lowest BCUT2D eigenvalue weighted by molar-refractivity contribution is -0.0422. The minimum atomic E-state index is 0.0785. The molecule has 0 unspecified atom stereocenters. The van der Waals surface area contributed by atoms with Gasteiger partial charge in [0.2, 0.25) is 0 Å². The third-order valence-electron chi connectivity index (χ3n) is 5.79. The van der Waals surface area contributed by atoms with Crippen LogP contribution in [-0.4, -0.2) is 65.6 Å². The van der Waals surface area contributed by atoms with E-state index in [-0.39, 0.29) is 6.23 Å². The number of furan rings is 1. The number of morpholine rings is 1. The fourth-order valence-corrected chi connectivity index (χ4v) is 4.22. The van der Waals surface area contributed by atoms with Crippen molar-refractivity contribution in [3.8, 4) is 0 Å². The van der Waals surface area contributed by atoms with E-state index in [4.69, 9.17) is 13.9 Å². The summed E-state index contributed by atoms with van der Waals surface area (Å²) in [6.45, 7) is 10.4. The van der Waals surface area contributed by atoms with Crippen LogP contribution in [0.2, 0.25) is 0 Å². The van der Waals surface area contributed by atoms with E-state index in [0.717, 1.165) is 89.9 Å². The molecule has 2 aromatic rings. The van der Waals surface area contributed by atoms with Crippen molar-refractivity contribution in [1.82, 2.24) is 19.6 Å². The first kappa shape index (κ1) is 20.6. The first-order valence-electron chi connectivity index (χ1n) is 11.0. The second kappa shape index (κ2) is 10.4. The third kappa shape index (κ3) is 5.92. The molecule has 0 amide bonds. The molecule has 0 radical (unpaired) electrons. The van der Waals surface area contributed by atoms with Crippen LogP contribution in [0, 0.1) is 6.92 Å². The predicted molar refractivity (Wildman–Crippen MR) is 111 cm³/mol. The number of ether oxygens (including phenoxy) is 2. The fraction of sp³-hybridized carbons (Fsp3) is 0.682. The third-order valence-corrected chi connectivity index (χ3v) is 5.79. The van der Waals surface area contributed by atoms with Crippen LogP contribution in [0.5, 0.6) is 0 Å². The van der Waals surface area contributed by atoms with Crippen molar-refractivity contribution < 1.29 is 13.9 Å². The molecule has 2 aliphatic rings. The van der Waals surface area contributed by atoms with Crippen LogP contribution in [0.25, 0.3) is 0 Å². The van der Waals surface area contributed by atoms with Crippen molar-refractivity contribution in [2.24, 2.45) is 0 Å². The second-order valence-corrected chi connectivity index (χ2v) is 8.12. The van der Waals surface area contributed by atoms with Gasteiger partial charge in [-0.15, -0.1) is 0 Å². The van der Waals surface area contributed by atoms with Gasteiger partial charge in [0.05, 0.1) is 25.5 Å². The summed E-state index contributed by atoms with van der Waals surface area (Å²) in [5.41, 5.74) is 1.21. The molecule has 7 nitrogen and oxygen atoms in total. The number of aryl methyl sites for hydroxylation is 1. The van der Waals surface area contributed by atoms with Crippen LogP contribution in [0.3, 0.4) is 0 Å². The van der Waals surface area contributed by atoms with E-state index in [1.807, 2.05) is 19.2 Å². The van der Waals surface area contributed by atoms with E-state index in [1.54, 1.807) is 0 Å². The fourth-order valence-electron chi connectivity index (χ4n) is 4.22. The van der Waals surface area contributed by atoms with E-state index in [0.29, 0.717) is 0 Å². The maximum absolute atomic E-state index is 5.97. The average molecular weight is 403 g/mol. The molecular weight excluding hydrogens is 368 g/mol. The zero-order valence-corrected chi connectivity index (χ0v) is 17.6. The van der Waals surface area contributed by atoms with Gasteiger partial charge in [-0.1, -0.05) is 0 Å². The zero-order chi connectivity index (χ0) is 19.9. The molecule has 2 aliphatic heterocycles. The molecule has 0 bridgehead atoms. The molecule has 1 atom stereocenters. The Bertz CT molecular complexity index is 732. The van der Waals surface area contributed by atoms with Gasteiger partial charge in [-0.05, 0) is 57.4 Å². The minimum absolute atomic E-state index is 0.0785. The molecule has 160 valence electrons. The second-order valence-electron chi connectivity index (χ2n) is 8.12. The Kier molecular flexibility index (Phi) is 7.38. The van der Waals surface area contributed by atoms with Crippen molar-refractivity contribution >= 4 is 0 Å². The largest absolute Gasteiger partial charge is 0.465 e. The summed E-state index contributed by atoms with van der Waals surface area (Å²) in [5.74, 6) is 1.99. The lowest BCUT2D eigenvalue weighted by Crippen LogP contribution is -2.38. The Balaban J connectivity index is 1.38. The smallest absolute Gasteiger partial charge is 0.150 e. The Morgan fingerprint density at radius 3 is 2.76 bits per heavy atom. The quantitative estimate of drug-likeness (QED) is 0.642. The maximum Gasteiger partial charge on any atom is 0.150 e. The van der Waals surface area contributed by atoms with Crippen LogP contribution in [0.1, 0.15) is 49.1 Å². The van der Waals surface area contributed by atoms with E-state index in [1.165, 1.54) is 12.1 Å². The Morgan fingerprint density at radius 1 is 1.10 bits per heavy atom. The van der Waals surface area contributed by atoms with Gasteiger partial charge in [-0.25, -0.2) is 4.68 Å². The molecule has 0 saturated carbocycles. The molecule has 2 aromatic heterocycles. The van der Waals surface area contributed by atoms with Gasteiger partial charge in [-0.3, -0.25) is 9.80 Å². The summed E-state index contributed by atoms with van der Waals surface area (Å²) in [6, 6.07) is 6.26. The highest BCUT2D eigenvalue weighted by atomic mass is 16.5. The first-order valence-corrected chi connectivity index (χ1v) is 11.0. The van der Waals surface area contributed by atoms with E-state index < -0.39 is 0 Å². The highest BCUT2D eigenvalue weighted by Gasteiger charge is 2.21. The first-order chi connectivity index (χ1) is 14.3. The standard InChI is InChI=1S/C22H34N4O3/c1-19-6-7-21(29-19)18-25(11-4-10-24-12-15-27-16-13-24)17-20-8-9-23-26(20)22-5-2-3-14-28-22/h6-9,22H,2-5,10-18H2,1H3/t22-/m0/s1. The van der Waals surface area contributed by atoms with Crippen molar-refractivity contribution in [2.75, 3.05) is 46.0 Å². The van der Waals surface area contributed by atoms with Gasteiger partial charge in [-0.2, -0.15) is 5.10 Å². The number of rotatable bonds is 9. The lowest BCUT2D eigenvalue weighted by atomic mass is 10.2. The SMILES string of the molecule is Cc1ccc(CN(CCCN2CCOCC2)Cc2ccnn2[C@@H]2CCCCO2)o1. The highest BCUT2D eigenvalue weighted by molar-refractivity contribution is 5.07. The zero-order valence-electron chi connectivity index (χ0n) is 17.6. The van der Waals surface area contributed by atoms with Gasteiger partial charge in [0, 0.05) is 39.0 Å². The van der Waals surface area contributed by atoms with Crippen LogP contribution in [-0.2, 0) is 22.6 Å². The van der Waals surface area contributed by atoms with Crippen LogP contribution < -0.4 is 0 Å². The number of hydrogen-bond donors (Lipinski definition) is 0. The normalized spacial score (nSPS) is 21.1. The summed E-state index contributed by atoms with van der Waals surface area (Å²) in [7, 11) is 0. The molecule has 0 spiro atoms. The van der Waals surface area contributed by atoms with Gasteiger partial charge in [0.1, 0.15) is 11.5 Å². The molecule has 0 aromatic carbocycles. The van der Waals surface area contributed by atoms with Crippen molar-refractivity contribution in [1.29, 1.82) is 0 Å². The molecule has 7 heteroatoms. The molecule has 4 rings (SSSR count).